The maximum absolute atomic E-state index is 5.35. The van der Waals surface area contributed by atoms with E-state index in [0.29, 0.717) is 23.7 Å². The number of aryl methyl sites for hydroxylation is 2. The van der Waals surface area contributed by atoms with Gasteiger partial charge in [0.2, 0.25) is 0 Å². The molecule has 0 radical (unpaired) electrons. The van der Waals surface area contributed by atoms with Gasteiger partial charge in [-0.2, -0.15) is 0 Å². The minimum absolute atomic E-state index is 0.425. The highest BCUT2D eigenvalue weighted by Crippen LogP contribution is 2.41. The van der Waals surface area contributed by atoms with Crippen molar-refractivity contribution in [3.63, 3.8) is 0 Å². The summed E-state index contributed by atoms with van der Waals surface area (Å²) in [6.07, 6.45) is 6.65. The van der Waals surface area contributed by atoms with Crippen LogP contribution in [0.2, 0.25) is 0 Å². The lowest BCUT2D eigenvalue weighted by molar-refractivity contribution is 0.786. The van der Waals surface area contributed by atoms with Gasteiger partial charge in [-0.15, -0.1) is 0 Å². The highest BCUT2D eigenvalue weighted by Gasteiger charge is 2.29. The first-order valence-electron chi connectivity index (χ1n) is 17.7. The fourth-order valence-electron chi connectivity index (χ4n) is 7.93. The van der Waals surface area contributed by atoms with Gasteiger partial charge >= 0.3 is 0 Å². The number of hydrogen-bond donors (Lipinski definition) is 0. The van der Waals surface area contributed by atoms with Gasteiger partial charge < -0.3 is 0 Å². The Kier molecular flexibility index (Phi) is 8.03. The third-order valence-electron chi connectivity index (χ3n) is 10.3. The minimum atomic E-state index is 0.425. The Morgan fingerprint density at radius 3 is 1.09 bits per heavy atom. The van der Waals surface area contributed by atoms with Gasteiger partial charge in [-0.3, -0.25) is 9.13 Å². The summed E-state index contributed by atoms with van der Waals surface area (Å²) in [4.78, 5) is 10.7. The number of imidazole rings is 2. The van der Waals surface area contributed by atoms with Gasteiger partial charge in [0.25, 0.3) is 0 Å². The zero-order valence-corrected chi connectivity index (χ0v) is 29.1. The maximum atomic E-state index is 5.35. The molecule has 0 aliphatic heterocycles. The van der Waals surface area contributed by atoms with Gasteiger partial charge in [0.05, 0.1) is 22.8 Å². The van der Waals surface area contributed by atoms with Crippen molar-refractivity contribution in [2.45, 2.75) is 118 Å². The normalized spacial score (nSPS) is 14.3. The number of rotatable bonds is 8. The molecule has 0 saturated heterocycles. The predicted octanol–water partition coefficient (Wildman–Crippen LogP) is 10.9. The lowest BCUT2D eigenvalue weighted by Gasteiger charge is -2.24. The molecule has 2 aliphatic carbocycles. The van der Waals surface area contributed by atoms with Gasteiger partial charge in [-0.1, -0.05) is 116 Å². The van der Waals surface area contributed by atoms with Crippen LogP contribution in [0.4, 0.5) is 0 Å². The van der Waals surface area contributed by atoms with Crippen LogP contribution in [0.3, 0.4) is 0 Å². The van der Waals surface area contributed by atoms with E-state index >= 15 is 0 Å². The number of aromatic nitrogens is 4. The topological polar surface area (TPSA) is 35.6 Å². The summed E-state index contributed by atoms with van der Waals surface area (Å²) in [6, 6.07) is 22.9. The Labute approximate surface area is 275 Å². The van der Waals surface area contributed by atoms with Crippen LogP contribution in [0.15, 0.2) is 60.7 Å². The molecule has 0 bridgehead atoms. The standard InChI is InChI=1S/C42H50N4/c1-25(2)31-13-9-14-32(26(3)4)39(31)45-37-19-11-17-35(37)43-41(45)29-21-23-30(24-22-29)42-44-36-18-12-20-38(36)46(42)40-33(27(5)6)15-10-16-34(40)28(7)8/h9-10,13-16,21-28H,11-12,17-20H2,1-8H3. The Bertz CT molecular complexity index is 1700. The van der Waals surface area contributed by atoms with Crippen molar-refractivity contribution in [3.8, 4) is 34.2 Å². The molecule has 5 aromatic rings. The summed E-state index contributed by atoms with van der Waals surface area (Å²) in [5.74, 6) is 3.85. The minimum Gasteiger partial charge on any atom is -0.296 e. The SMILES string of the molecule is CC(C)c1cccc(C(C)C)c1-n1c(-c2ccc(-c3nc4c(n3-c3c(C(C)C)cccc3C(C)C)CCC4)cc2)nc2c1CCC2. The van der Waals surface area contributed by atoms with E-state index in [2.05, 4.69) is 125 Å². The van der Waals surface area contributed by atoms with Crippen LogP contribution in [-0.4, -0.2) is 19.1 Å². The van der Waals surface area contributed by atoms with E-state index in [-0.39, 0.29) is 0 Å². The van der Waals surface area contributed by atoms with Crippen LogP contribution in [0, 0.1) is 0 Å². The Morgan fingerprint density at radius 2 is 0.783 bits per heavy atom. The van der Waals surface area contributed by atoms with Crippen LogP contribution in [0.25, 0.3) is 34.2 Å². The van der Waals surface area contributed by atoms with Gasteiger partial charge in [-0.05, 0) is 84.5 Å². The van der Waals surface area contributed by atoms with E-state index < -0.39 is 0 Å². The number of fused-ring (bicyclic) bond motifs is 2. The van der Waals surface area contributed by atoms with Crippen LogP contribution < -0.4 is 0 Å². The summed E-state index contributed by atoms with van der Waals surface area (Å²) in [6.45, 7) is 18.5. The maximum Gasteiger partial charge on any atom is 0.145 e. The molecule has 3 aromatic carbocycles. The van der Waals surface area contributed by atoms with Crippen molar-refractivity contribution in [3.05, 3.63) is 106 Å². The van der Waals surface area contributed by atoms with Crippen LogP contribution in [0.1, 0.15) is 137 Å². The molecule has 0 amide bonds. The van der Waals surface area contributed by atoms with Crippen molar-refractivity contribution < 1.29 is 0 Å². The molecule has 7 rings (SSSR count). The number of benzene rings is 3. The second-order valence-electron chi connectivity index (χ2n) is 14.8. The van der Waals surface area contributed by atoms with Crippen LogP contribution >= 0.6 is 0 Å². The smallest absolute Gasteiger partial charge is 0.145 e. The largest absolute Gasteiger partial charge is 0.296 e. The van der Waals surface area contributed by atoms with E-state index in [4.69, 9.17) is 9.97 Å². The average Bonchev–Trinajstić information content (AvgIpc) is 3.82. The fourth-order valence-corrected chi connectivity index (χ4v) is 7.93. The first kappa shape index (κ1) is 30.7. The quantitative estimate of drug-likeness (QED) is 0.175. The molecule has 0 saturated carbocycles. The summed E-state index contributed by atoms with van der Waals surface area (Å²) < 4.78 is 5.07. The van der Waals surface area contributed by atoms with Gasteiger partial charge in [0, 0.05) is 22.5 Å². The van der Waals surface area contributed by atoms with E-state index in [1.807, 2.05) is 0 Å². The molecule has 0 unspecified atom stereocenters. The number of nitrogens with zero attached hydrogens (tertiary/aromatic N) is 4. The molecule has 4 nitrogen and oxygen atoms in total. The third kappa shape index (κ3) is 5.05. The molecule has 0 fully saturated rings. The number of para-hydroxylation sites is 2. The third-order valence-corrected chi connectivity index (χ3v) is 10.3. The highest BCUT2D eigenvalue weighted by molar-refractivity contribution is 5.70. The van der Waals surface area contributed by atoms with E-state index in [0.717, 1.165) is 37.3 Å². The first-order valence-corrected chi connectivity index (χ1v) is 17.7. The summed E-state index contributed by atoms with van der Waals surface area (Å²) in [7, 11) is 0. The lowest BCUT2D eigenvalue weighted by Crippen LogP contribution is -2.11. The molecule has 0 atom stereocenters. The van der Waals surface area contributed by atoms with Crippen LogP contribution in [0.5, 0.6) is 0 Å². The summed E-state index contributed by atoms with van der Waals surface area (Å²) >= 11 is 0. The Hall–Kier alpha value is -3.92. The highest BCUT2D eigenvalue weighted by atomic mass is 15.1. The molecule has 238 valence electrons. The molecule has 2 heterocycles. The summed E-state index contributed by atoms with van der Waals surface area (Å²) in [5.41, 5.74) is 16.0. The van der Waals surface area contributed by atoms with Gasteiger partial charge in [0.1, 0.15) is 11.6 Å². The van der Waals surface area contributed by atoms with E-state index in [1.165, 1.54) is 80.4 Å². The van der Waals surface area contributed by atoms with Crippen molar-refractivity contribution in [1.82, 2.24) is 19.1 Å². The lowest BCUT2D eigenvalue weighted by atomic mass is 9.92. The van der Waals surface area contributed by atoms with Crippen molar-refractivity contribution in [2.24, 2.45) is 0 Å². The predicted molar refractivity (Wildman–Crippen MR) is 192 cm³/mol. The molecule has 2 aromatic heterocycles. The molecule has 46 heavy (non-hydrogen) atoms. The molecular weight excluding hydrogens is 560 g/mol. The Balaban J connectivity index is 1.39. The van der Waals surface area contributed by atoms with E-state index in [9.17, 15) is 0 Å². The monoisotopic (exact) mass is 610 g/mol. The molecule has 0 N–H and O–H groups in total. The second kappa shape index (κ2) is 12.0. The zero-order chi connectivity index (χ0) is 32.3. The first-order chi connectivity index (χ1) is 22.2. The molecular formula is C42H50N4. The number of hydrogen-bond acceptors (Lipinski definition) is 2. The average molecular weight is 611 g/mol. The summed E-state index contributed by atoms with van der Waals surface area (Å²) in [5, 5.41) is 0. The zero-order valence-electron chi connectivity index (χ0n) is 29.1. The van der Waals surface area contributed by atoms with Gasteiger partial charge in [-0.25, -0.2) is 9.97 Å². The van der Waals surface area contributed by atoms with Crippen LogP contribution in [-0.2, 0) is 25.7 Å². The molecule has 0 spiro atoms. The molecule has 2 aliphatic rings. The van der Waals surface area contributed by atoms with E-state index in [1.54, 1.807) is 0 Å². The van der Waals surface area contributed by atoms with Crippen molar-refractivity contribution in [1.29, 1.82) is 0 Å². The molecule has 4 heteroatoms. The second-order valence-corrected chi connectivity index (χ2v) is 14.8. The Morgan fingerprint density at radius 1 is 0.457 bits per heavy atom. The fraction of sp³-hybridized carbons (Fsp3) is 0.429. The van der Waals surface area contributed by atoms with Crippen molar-refractivity contribution >= 4 is 0 Å². The van der Waals surface area contributed by atoms with Crippen molar-refractivity contribution in [2.75, 3.05) is 0 Å². The van der Waals surface area contributed by atoms with Gasteiger partial charge in [0.15, 0.2) is 0 Å².